The maximum absolute atomic E-state index is 9.03. The van der Waals surface area contributed by atoms with Gasteiger partial charge in [0, 0.05) is 23.6 Å². The van der Waals surface area contributed by atoms with E-state index in [1.807, 2.05) is 18.2 Å². The van der Waals surface area contributed by atoms with Crippen molar-refractivity contribution in [3.63, 3.8) is 0 Å². The molecule has 3 nitrogen and oxygen atoms in total. The minimum atomic E-state index is 0.588. The van der Waals surface area contributed by atoms with E-state index in [0.29, 0.717) is 11.6 Å². The minimum Gasteiger partial charge on any atom is -0.383 e. The van der Waals surface area contributed by atoms with E-state index in [9.17, 15) is 0 Å². The fraction of sp³-hybridized carbons (Fsp3) is 0.500. The number of likely N-dealkylation sites (N-methyl/N-ethyl adjacent to an activating group) is 1. The molecule has 4 heteroatoms. The largest absolute Gasteiger partial charge is 0.383 e. The van der Waals surface area contributed by atoms with Gasteiger partial charge >= 0.3 is 0 Å². The zero-order chi connectivity index (χ0) is 13.5. The van der Waals surface area contributed by atoms with Gasteiger partial charge in [-0.2, -0.15) is 5.26 Å². The maximum atomic E-state index is 9.03. The summed E-state index contributed by atoms with van der Waals surface area (Å²) in [5.41, 5.74) is 1.58. The number of rotatable bonds is 6. The molecular weight excluding hydrogens is 290 g/mol. The van der Waals surface area contributed by atoms with Gasteiger partial charge in [0.25, 0.3) is 0 Å². The lowest BCUT2D eigenvalue weighted by molar-refractivity contribution is 0.261. The molecule has 0 fully saturated rings. The molecule has 1 rings (SSSR count). The molecule has 98 valence electrons. The summed E-state index contributed by atoms with van der Waals surface area (Å²) < 4.78 is 0.985. The van der Waals surface area contributed by atoms with Gasteiger partial charge in [0.1, 0.15) is 6.07 Å². The molecule has 0 saturated carbocycles. The van der Waals surface area contributed by atoms with Gasteiger partial charge in [0.2, 0.25) is 0 Å². The second-order valence-electron chi connectivity index (χ2n) is 4.47. The molecule has 0 aromatic heterocycles. The van der Waals surface area contributed by atoms with E-state index in [2.05, 4.69) is 53.1 Å². The third-order valence-electron chi connectivity index (χ3n) is 3.23. The van der Waals surface area contributed by atoms with E-state index in [0.717, 1.165) is 29.7 Å². The second-order valence-corrected chi connectivity index (χ2v) is 5.38. The van der Waals surface area contributed by atoms with Crippen molar-refractivity contribution >= 4 is 21.6 Å². The summed E-state index contributed by atoms with van der Waals surface area (Å²) in [6.45, 7) is 6.22. The molecule has 1 atom stereocenters. The summed E-state index contributed by atoms with van der Waals surface area (Å²) in [6.07, 6.45) is 1.15. The monoisotopic (exact) mass is 309 g/mol. The van der Waals surface area contributed by atoms with Crippen molar-refractivity contribution in [3.8, 4) is 6.07 Å². The Balaban J connectivity index is 2.54. The van der Waals surface area contributed by atoms with Gasteiger partial charge in [-0.25, -0.2) is 0 Å². The van der Waals surface area contributed by atoms with E-state index < -0.39 is 0 Å². The molecule has 1 unspecified atom stereocenters. The van der Waals surface area contributed by atoms with Crippen molar-refractivity contribution in [3.05, 3.63) is 28.2 Å². The Morgan fingerprint density at radius 2 is 2.22 bits per heavy atom. The standard InChI is InChI=1S/C14H20BrN3/c1-4-11(2)18(3)8-7-17-14-9-13(15)6-5-12(14)10-16/h5-6,9,11,17H,4,7-8H2,1-3H3. The Labute approximate surface area is 118 Å². The summed E-state index contributed by atoms with van der Waals surface area (Å²) >= 11 is 3.42. The molecule has 0 aliphatic heterocycles. The third-order valence-corrected chi connectivity index (χ3v) is 3.72. The highest BCUT2D eigenvalue weighted by atomic mass is 79.9. The van der Waals surface area contributed by atoms with Crippen LogP contribution in [-0.2, 0) is 0 Å². The molecule has 1 aromatic rings. The van der Waals surface area contributed by atoms with Crippen LogP contribution in [0.1, 0.15) is 25.8 Å². The number of hydrogen-bond donors (Lipinski definition) is 1. The number of nitrogens with one attached hydrogen (secondary N) is 1. The fourth-order valence-electron chi connectivity index (χ4n) is 1.66. The lowest BCUT2D eigenvalue weighted by Crippen LogP contribution is -2.32. The average molecular weight is 310 g/mol. The first-order valence-corrected chi connectivity index (χ1v) is 7.01. The summed E-state index contributed by atoms with van der Waals surface area (Å²) in [5.74, 6) is 0. The van der Waals surface area contributed by atoms with Crippen LogP contribution in [0.3, 0.4) is 0 Å². The Hall–Kier alpha value is -1.05. The van der Waals surface area contributed by atoms with E-state index in [-0.39, 0.29) is 0 Å². The number of hydrogen-bond acceptors (Lipinski definition) is 3. The topological polar surface area (TPSA) is 39.1 Å². The maximum Gasteiger partial charge on any atom is 0.101 e. The number of nitrogens with zero attached hydrogens (tertiary/aromatic N) is 2. The summed E-state index contributed by atoms with van der Waals surface area (Å²) in [6, 6.07) is 8.44. The van der Waals surface area contributed by atoms with Crippen LogP contribution >= 0.6 is 15.9 Å². The first kappa shape index (κ1) is 15.0. The molecule has 0 bridgehead atoms. The van der Waals surface area contributed by atoms with Crippen LogP contribution in [0.4, 0.5) is 5.69 Å². The van der Waals surface area contributed by atoms with Crippen LogP contribution in [0.15, 0.2) is 22.7 Å². The van der Waals surface area contributed by atoms with E-state index in [1.54, 1.807) is 0 Å². The van der Waals surface area contributed by atoms with Crippen LogP contribution in [0, 0.1) is 11.3 Å². The lowest BCUT2D eigenvalue weighted by Gasteiger charge is -2.23. The Bertz CT molecular complexity index is 426. The van der Waals surface area contributed by atoms with Gasteiger partial charge in [-0.05, 0) is 38.6 Å². The smallest absolute Gasteiger partial charge is 0.101 e. The number of anilines is 1. The Morgan fingerprint density at radius 3 is 2.83 bits per heavy atom. The van der Waals surface area contributed by atoms with Gasteiger partial charge in [0.05, 0.1) is 11.3 Å². The zero-order valence-corrected chi connectivity index (χ0v) is 12.8. The molecule has 18 heavy (non-hydrogen) atoms. The molecule has 0 amide bonds. The summed E-state index contributed by atoms with van der Waals surface area (Å²) in [5, 5.41) is 12.3. The summed E-state index contributed by atoms with van der Waals surface area (Å²) in [4.78, 5) is 2.32. The Kier molecular flexibility index (Phi) is 6.17. The van der Waals surface area contributed by atoms with Gasteiger partial charge in [-0.15, -0.1) is 0 Å². The minimum absolute atomic E-state index is 0.588. The van der Waals surface area contributed by atoms with Crippen molar-refractivity contribution in [2.45, 2.75) is 26.3 Å². The summed E-state index contributed by atoms with van der Waals surface area (Å²) in [7, 11) is 2.13. The molecule has 0 radical (unpaired) electrons. The fourth-order valence-corrected chi connectivity index (χ4v) is 2.02. The molecular formula is C14H20BrN3. The van der Waals surface area contributed by atoms with Gasteiger partial charge < -0.3 is 10.2 Å². The van der Waals surface area contributed by atoms with Crippen LogP contribution in [0.5, 0.6) is 0 Å². The number of benzene rings is 1. The normalized spacial score (nSPS) is 12.2. The highest BCUT2D eigenvalue weighted by molar-refractivity contribution is 9.10. The van der Waals surface area contributed by atoms with Crippen molar-refractivity contribution in [1.29, 1.82) is 5.26 Å². The highest BCUT2D eigenvalue weighted by Crippen LogP contribution is 2.20. The molecule has 1 N–H and O–H groups in total. The molecule has 0 heterocycles. The highest BCUT2D eigenvalue weighted by Gasteiger charge is 2.07. The van der Waals surface area contributed by atoms with Crippen molar-refractivity contribution in [2.24, 2.45) is 0 Å². The number of halogens is 1. The van der Waals surface area contributed by atoms with E-state index in [4.69, 9.17) is 5.26 Å². The molecule has 1 aromatic carbocycles. The Morgan fingerprint density at radius 1 is 1.50 bits per heavy atom. The van der Waals surface area contributed by atoms with Gasteiger partial charge in [-0.3, -0.25) is 0 Å². The van der Waals surface area contributed by atoms with Gasteiger partial charge in [-0.1, -0.05) is 22.9 Å². The predicted molar refractivity (Wildman–Crippen MR) is 79.7 cm³/mol. The molecule has 0 spiro atoms. The zero-order valence-electron chi connectivity index (χ0n) is 11.2. The van der Waals surface area contributed by atoms with Gasteiger partial charge in [0.15, 0.2) is 0 Å². The third kappa shape index (κ3) is 4.32. The van der Waals surface area contributed by atoms with Crippen LogP contribution in [0.2, 0.25) is 0 Å². The van der Waals surface area contributed by atoms with Crippen LogP contribution < -0.4 is 5.32 Å². The average Bonchev–Trinajstić information content (AvgIpc) is 2.38. The first-order valence-electron chi connectivity index (χ1n) is 6.22. The van der Waals surface area contributed by atoms with E-state index >= 15 is 0 Å². The SMILES string of the molecule is CCC(C)N(C)CCNc1cc(Br)ccc1C#N. The van der Waals surface area contributed by atoms with Crippen molar-refractivity contribution < 1.29 is 0 Å². The van der Waals surface area contributed by atoms with Crippen LogP contribution in [0.25, 0.3) is 0 Å². The van der Waals surface area contributed by atoms with E-state index in [1.165, 1.54) is 0 Å². The quantitative estimate of drug-likeness (QED) is 0.874. The van der Waals surface area contributed by atoms with Crippen molar-refractivity contribution in [1.82, 2.24) is 4.90 Å². The molecule has 0 saturated heterocycles. The predicted octanol–water partition coefficient (Wildman–Crippen LogP) is 3.46. The number of nitriles is 1. The first-order chi connectivity index (χ1) is 8.58. The lowest BCUT2D eigenvalue weighted by atomic mass is 10.2. The second kappa shape index (κ2) is 7.40. The molecule has 0 aliphatic rings. The van der Waals surface area contributed by atoms with Crippen molar-refractivity contribution in [2.75, 3.05) is 25.5 Å². The molecule has 0 aliphatic carbocycles. The van der Waals surface area contributed by atoms with Crippen LogP contribution in [-0.4, -0.2) is 31.1 Å².